The van der Waals surface area contributed by atoms with Gasteiger partial charge in [-0.2, -0.15) is 0 Å². The van der Waals surface area contributed by atoms with Crippen molar-refractivity contribution in [3.05, 3.63) is 77.1 Å². The summed E-state index contributed by atoms with van der Waals surface area (Å²) in [6, 6.07) is 13.3. The molecule has 0 radical (unpaired) electrons. The largest absolute Gasteiger partial charge is 0.464 e. The number of aromatic nitrogens is 2. The Morgan fingerprint density at radius 2 is 1.90 bits per heavy atom. The van der Waals surface area contributed by atoms with Gasteiger partial charge in [0.2, 0.25) is 0 Å². The van der Waals surface area contributed by atoms with Gasteiger partial charge in [-0.05, 0) is 91.1 Å². The molecule has 6 bridgehead atoms. The zero-order chi connectivity index (χ0) is 34.3. The van der Waals surface area contributed by atoms with E-state index >= 15 is 0 Å². The first-order valence-electron chi connectivity index (χ1n) is 16.9. The fourth-order valence-electron chi connectivity index (χ4n) is 7.18. The number of ether oxygens (including phenoxy) is 1. The second-order valence-corrected chi connectivity index (χ2v) is 14.2. The fraction of sp³-hybridized carbons (Fsp3) is 0.447. The molecule has 3 N–H and O–H groups in total. The Hall–Kier alpha value is -4.15. The van der Waals surface area contributed by atoms with E-state index in [2.05, 4.69) is 62.8 Å². The monoisotopic (exact) mass is 657 g/mol. The maximum absolute atomic E-state index is 14.3. The van der Waals surface area contributed by atoms with Gasteiger partial charge in [0.1, 0.15) is 6.04 Å². The standard InChI is InChI=1S/C38H45F2N5O3/c1-6-44-32-12-11-24-19-28(32)29(34(44)27-9-7-13-42-33(27)22(2)3)20-38(4,5)21-48-37(47)31-10-8-14-45(43-31)36(46)30(41)17-23-15-25(24)18-26(16-23)35(39)40/h7,9,11-13,15-16,18-19,22,30-31,35,43H,6,8,10,14,17,20-21,41H2,1-5H3/t30-,31-/m0/s1. The van der Waals surface area contributed by atoms with Gasteiger partial charge in [0.05, 0.1) is 24.0 Å². The molecular weight excluding hydrogens is 612 g/mol. The van der Waals surface area contributed by atoms with Crippen molar-refractivity contribution < 1.29 is 23.1 Å². The fourth-order valence-corrected chi connectivity index (χ4v) is 7.18. The van der Waals surface area contributed by atoms with E-state index in [9.17, 15) is 18.4 Å². The molecule has 2 aromatic heterocycles. The summed E-state index contributed by atoms with van der Waals surface area (Å²) >= 11 is 0. The maximum atomic E-state index is 14.3. The highest BCUT2D eigenvalue weighted by atomic mass is 19.3. The Morgan fingerprint density at radius 3 is 2.62 bits per heavy atom. The first-order chi connectivity index (χ1) is 22.9. The Balaban J connectivity index is 1.59. The van der Waals surface area contributed by atoms with E-state index in [1.165, 1.54) is 17.1 Å². The number of pyridine rings is 1. The highest BCUT2D eigenvalue weighted by Crippen LogP contribution is 2.42. The van der Waals surface area contributed by atoms with Crippen LogP contribution < -0.4 is 11.2 Å². The molecule has 2 atom stereocenters. The molecule has 48 heavy (non-hydrogen) atoms. The van der Waals surface area contributed by atoms with Crippen LogP contribution >= 0.6 is 0 Å². The lowest BCUT2D eigenvalue weighted by Crippen LogP contribution is -2.59. The zero-order valence-corrected chi connectivity index (χ0v) is 28.4. The second kappa shape index (κ2) is 13.4. The lowest BCUT2D eigenvalue weighted by atomic mass is 9.83. The van der Waals surface area contributed by atoms with Crippen LogP contribution in [0.4, 0.5) is 8.78 Å². The molecule has 0 spiro atoms. The number of nitrogens with two attached hydrogens (primary N) is 1. The highest BCUT2D eigenvalue weighted by Gasteiger charge is 2.34. The molecule has 6 rings (SSSR count). The van der Waals surface area contributed by atoms with Crippen LogP contribution in [0.1, 0.15) is 82.2 Å². The number of nitrogens with one attached hydrogen (secondary N) is 1. The third kappa shape index (κ3) is 6.60. The van der Waals surface area contributed by atoms with Crippen molar-refractivity contribution in [3.8, 4) is 22.4 Å². The molecule has 2 aliphatic rings. The Labute approximate surface area is 280 Å². The number of aryl methyl sites for hydroxylation is 1. The van der Waals surface area contributed by atoms with Crippen LogP contribution in [-0.2, 0) is 33.7 Å². The predicted molar refractivity (Wildman–Crippen MR) is 183 cm³/mol. The number of alkyl halides is 2. The quantitative estimate of drug-likeness (QED) is 0.231. The maximum Gasteiger partial charge on any atom is 0.324 e. The van der Waals surface area contributed by atoms with Crippen molar-refractivity contribution in [1.82, 2.24) is 20.0 Å². The average Bonchev–Trinajstić information content (AvgIpc) is 3.37. The number of esters is 1. The highest BCUT2D eigenvalue weighted by molar-refractivity contribution is 5.95. The van der Waals surface area contributed by atoms with Crippen molar-refractivity contribution in [1.29, 1.82) is 0 Å². The topological polar surface area (TPSA) is 102 Å². The van der Waals surface area contributed by atoms with Crippen LogP contribution in [-0.4, -0.2) is 51.7 Å². The number of carbonyl (C=O) groups is 2. The predicted octanol–water partition coefficient (Wildman–Crippen LogP) is 6.94. The van der Waals surface area contributed by atoms with Crippen LogP contribution in [0.15, 0.2) is 54.7 Å². The van der Waals surface area contributed by atoms with Gasteiger partial charge in [-0.15, -0.1) is 0 Å². The van der Waals surface area contributed by atoms with Crippen molar-refractivity contribution >= 4 is 22.8 Å². The molecule has 0 unspecified atom stereocenters. The van der Waals surface area contributed by atoms with Gasteiger partial charge in [0.25, 0.3) is 12.3 Å². The third-order valence-electron chi connectivity index (χ3n) is 9.50. The Morgan fingerprint density at radius 1 is 1.10 bits per heavy atom. The summed E-state index contributed by atoms with van der Waals surface area (Å²) < 4.78 is 36.8. The minimum absolute atomic E-state index is 0.0662. The second-order valence-electron chi connectivity index (χ2n) is 14.2. The first kappa shape index (κ1) is 33.7. The molecule has 4 aromatic rings. The normalized spacial score (nSPS) is 20.3. The number of carbonyl (C=O) groups excluding carboxylic acids is 2. The molecule has 0 aliphatic carbocycles. The number of amides is 1. The summed E-state index contributed by atoms with van der Waals surface area (Å²) in [5, 5.41) is 2.38. The molecule has 254 valence electrons. The van der Waals surface area contributed by atoms with E-state index in [0.717, 1.165) is 39.0 Å². The minimum Gasteiger partial charge on any atom is -0.464 e. The SMILES string of the molecule is CCn1c(-c2cccnc2C(C)C)c2c3cc(ccc31)-c1cc(cc(C(F)F)c1)C[C@H](N)C(=O)N1CCC[C@H](N1)C(=O)OCC(C)(C)C2. The van der Waals surface area contributed by atoms with E-state index < -0.39 is 35.8 Å². The van der Waals surface area contributed by atoms with Gasteiger partial charge >= 0.3 is 5.97 Å². The summed E-state index contributed by atoms with van der Waals surface area (Å²) in [5.74, 6) is -0.636. The lowest BCUT2D eigenvalue weighted by Gasteiger charge is -2.35. The van der Waals surface area contributed by atoms with Crippen molar-refractivity contribution in [3.63, 3.8) is 0 Å². The molecular formula is C38H45F2N5O3. The molecule has 1 saturated heterocycles. The van der Waals surface area contributed by atoms with E-state index in [0.29, 0.717) is 43.5 Å². The van der Waals surface area contributed by atoms with Gasteiger partial charge in [-0.25, -0.2) is 14.2 Å². The van der Waals surface area contributed by atoms with Crippen molar-refractivity contribution in [2.75, 3.05) is 13.2 Å². The number of benzene rings is 2. The number of nitrogens with zero attached hydrogens (tertiary/aromatic N) is 3. The number of hydrogen-bond donors (Lipinski definition) is 2. The van der Waals surface area contributed by atoms with E-state index in [1.807, 2.05) is 24.4 Å². The number of cyclic esters (lactones) is 1. The molecule has 0 saturated carbocycles. The number of hydrazine groups is 1. The molecule has 2 aliphatic heterocycles. The first-order valence-corrected chi connectivity index (χ1v) is 16.9. The average molecular weight is 658 g/mol. The third-order valence-corrected chi connectivity index (χ3v) is 9.50. The van der Waals surface area contributed by atoms with E-state index in [1.54, 1.807) is 0 Å². The summed E-state index contributed by atoms with van der Waals surface area (Å²) in [5.41, 5.74) is 16.0. The number of fused-ring (bicyclic) bond motifs is 6. The lowest BCUT2D eigenvalue weighted by molar-refractivity contribution is -0.154. The van der Waals surface area contributed by atoms with Crippen LogP contribution in [0.2, 0.25) is 0 Å². The summed E-state index contributed by atoms with van der Waals surface area (Å²) in [6.07, 6.45) is 0.890. The molecule has 1 amide bonds. The molecule has 1 fully saturated rings. The van der Waals surface area contributed by atoms with Crippen LogP contribution in [0.5, 0.6) is 0 Å². The number of rotatable bonds is 4. The Bertz CT molecular complexity index is 1850. The molecule has 10 heteroatoms. The Kier molecular flexibility index (Phi) is 9.42. The van der Waals surface area contributed by atoms with Gasteiger partial charge in [0, 0.05) is 46.7 Å². The minimum atomic E-state index is -2.70. The molecule has 4 heterocycles. The zero-order valence-electron chi connectivity index (χ0n) is 28.4. The van der Waals surface area contributed by atoms with Gasteiger partial charge < -0.3 is 15.0 Å². The van der Waals surface area contributed by atoms with Crippen LogP contribution in [0.3, 0.4) is 0 Å². The van der Waals surface area contributed by atoms with Crippen LogP contribution in [0, 0.1) is 5.41 Å². The van der Waals surface area contributed by atoms with Crippen molar-refractivity contribution in [2.45, 2.75) is 91.3 Å². The summed E-state index contributed by atoms with van der Waals surface area (Å²) in [6.45, 7) is 11.8. The molecule has 2 aromatic carbocycles. The van der Waals surface area contributed by atoms with E-state index in [-0.39, 0.29) is 24.5 Å². The summed E-state index contributed by atoms with van der Waals surface area (Å²) in [7, 11) is 0. The van der Waals surface area contributed by atoms with E-state index in [4.69, 9.17) is 15.5 Å². The number of hydrogen-bond acceptors (Lipinski definition) is 6. The van der Waals surface area contributed by atoms with Gasteiger partial charge in [0.15, 0.2) is 0 Å². The van der Waals surface area contributed by atoms with Crippen molar-refractivity contribution in [2.24, 2.45) is 11.1 Å². The smallest absolute Gasteiger partial charge is 0.324 e. The van der Waals surface area contributed by atoms with Crippen LogP contribution in [0.25, 0.3) is 33.3 Å². The molecule has 8 nitrogen and oxygen atoms in total. The van der Waals surface area contributed by atoms with Gasteiger partial charge in [-0.1, -0.05) is 45.9 Å². The number of halogens is 2. The van der Waals surface area contributed by atoms with Gasteiger partial charge in [-0.3, -0.25) is 19.6 Å². The summed E-state index contributed by atoms with van der Waals surface area (Å²) in [4.78, 5) is 31.5.